The molecule has 1 atom stereocenters. The number of anilines is 1. The first-order chi connectivity index (χ1) is 7.65. The van der Waals surface area contributed by atoms with Crippen molar-refractivity contribution in [1.82, 2.24) is 4.90 Å². The van der Waals surface area contributed by atoms with Gasteiger partial charge in [0.15, 0.2) is 0 Å². The van der Waals surface area contributed by atoms with Gasteiger partial charge in [-0.25, -0.2) is 0 Å². The van der Waals surface area contributed by atoms with Gasteiger partial charge in [-0.15, -0.1) is 0 Å². The molecule has 1 aliphatic rings. The second kappa shape index (κ2) is 5.19. The van der Waals surface area contributed by atoms with Gasteiger partial charge in [-0.1, -0.05) is 22.0 Å². The number of nitrogens with zero attached hydrogens (tertiary/aromatic N) is 1. The lowest BCUT2D eigenvalue weighted by Crippen LogP contribution is -2.31. The highest BCUT2D eigenvalue weighted by atomic mass is 79.9. The second-order valence-electron chi connectivity index (χ2n) is 4.73. The maximum Gasteiger partial charge on any atom is 0.0400 e. The summed E-state index contributed by atoms with van der Waals surface area (Å²) in [5, 5.41) is 3.59. The van der Waals surface area contributed by atoms with Crippen molar-refractivity contribution in [1.29, 1.82) is 0 Å². The third-order valence-electron chi connectivity index (χ3n) is 3.15. The fraction of sp³-hybridized carbons (Fsp3) is 0.538. The van der Waals surface area contributed by atoms with Crippen LogP contribution in [0.15, 0.2) is 28.7 Å². The zero-order chi connectivity index (χ0) is 11.5. The van der Waals surface area contributed by atoms with Crippen molar-refractivity contribution in [3.8, 4) is 0 Å². The molecule has 2 rings (SSSR count). The van der Waals surface area contributed by atoms with Crippen LogP contribution in [0.2, 0.25) is 0 Å². The lowest BCUT2D eigenvalue weighted by atomic mass is 10.2. The normalized spacial score (nSPS) is 21.6. The van der Waals surface area contributed by atoms with Crippen LogP contribution in [0.5, 0.6) is 0 Å². The molecule has 1 aromatic carbocycles. The molecular weight excluding hydrogens is 264 g/mol. The monoisotopic (exact) mass is 282 g/mol. The summed E-state index contributed by atoms with van der Waals surface area (Å²) >= 11 is 3.50. The molecular formula is C13H19BrN2. The van der Waals surface area contributed by atoms with Crippen molar-refractivity contribution in [3.63, 3.8) is 0 Å². The van der Waals surface area contributed by atoms with E-state index in [0.29, 0.717) is 12.1 Å². The quantitative estimate of drug-likeness (QED) is 0.915. The van der Waals surface area contributed by atoms with Crippen LogP contribution < -0.4 is 5.32 Å². The van der Waals surface area contributed by atoms with Gasteiger partial charge in [0.1, 0.15) is 0 Å². The van der Waals surface area contributed by atoms with Gasteiger partial charge in [0.25, 0.3) is 0 Å². The average Bonchev–Trinajstić information content (AvgIpc) is 2.66. The molecule has 0 amide bonds. The van der Waals surface area contributed by atoms with Crippen LogP contribution in [0.25, 0.3) is 0 Å². The number of benzene rings is 1. The maximum absolute atomic E-state index is 3.59. The van der Waals surface area contributed by atoms with Gasteiger partial charge >= 0.3 is 0 Å². The van der Waals surface area contributed by atoms with Crippen LogP contribution in [-0.2, 0) is 0 Å². The first-order valence-corrected chi connectivity index (χ1v) is 6.70. The molecule has 0 bridgehead atoms. The van der Waals surface area contributed by atoms with Gasteiger partial charge in [-0.2, -0.15) is 0 Å². The lowest BCUT2D eigenvalue weighted by Gasteiger charge is -2.20. The zero-order valence-corrected chi connectivity index (χ0v) is 11.5. The van der Waals surface area contributed by atoms with Gasteiger partial charge in [0, 0.05) is 35.3 Å². The Hall–Kier alpha value is -0.540. The summed E-state index contributed by atoms with van der Waals surface area (Å²) in [5.41, 5.74) is 1.21. The topological polar surface area (TPSA) is 15.3 Å². The summed E-state index contributed by atoms with van der Waals surface area (Å²) in [4.78, 5) is 2.52. The van der Waals surface area contributed by atoms with Crippen LogP contribution in [0.1, 0.15) is 20.3 Å². The number of rotatable bonds is 3. The SMILES string of the molecule is CC(C)N1CCC(Nc2cccc(Br)c2)C1. The Bertz CT molecular complexity index is 352. The summed E-state index contributed by atoms with van der Waals surface area (Å²) < 4.78 is 1.14. The molecule has 2 nitrogen and oxygen atoms in total. The van der Waals surface area contributed by atoms with E-state index in [4.69, 9.17) is 0 Å². The Balaban J connectivity index is 1.92. The fourth-order valence-corrected chi connectivity index (χ4v) is 2.59. The van der Waals surface area contributed by atoms with Crippen molar-refractivity contribution in [2.24, 2.45) is 0 Å². The number of halogens is 1. The van der Waals surface area contributed by atoms with Crippen molar-refractivity contribution < 1.29 is 0 Å². The minimum Gasteiger partial charge on any atom is -0.381 e. The minimum atomic E-state index is 0.594. The highest BCUT2D eigenvalue weighted by molar-refractivity contribution is 9.10. The van der Waals surface area contributed by atoms with E-state index >= 15 is 0 Å². The first-order valence-electron chi connectivity index (χ1n) is 5.91. The smallest absolute Gasteiger partial charge is 0.0400 e. The molecule has 0 saturated carbocycles. The van der Waals surface area contributed by atoms with Crippen LogP contribution in [-0.4, -0.2) is 30.1 Å². The van der Waals surface area contributed by atoms with Crippen molar-refractivity contribution in [2.75, 3.05) is 18.4 Å². The zero-order valence-electron chi connectivity index (χ0n) is 9.91. The summed E-state index contributed by atoms with van der Waals surface area (Å²) in [5.74, 6) is 0. The van der Waals surface area contributed by atoms with Gasteiger partial charge in [-0.3, -0.25) is 4.90 Å². The Morgan fingerprint density at radius 3 is 2.88 bits per heavy atom. The van der Waals surface area contributed by atoms with Crippen molar-refractivity contribution in [2.45, 2.75) is 32.4 Å². The summed E-state index contributed by atoms with van der Waals surface area (Å²) in [7, 11) is 0. The van der Waals surface area contributed by atoms with E-state index in [1.54, 1.807) is 0 Å². The maximum atomic E-state index is 3.59. The van der Waals surface area contributed by atoms with E-state index in [1.807, 2.05) is 0 Å². The lowest BCUT2D eigenvalue weighted by molar-refractivity contribution is 0.274. The van der Waals surface area contributed by atoms with E-state index in [9.17, 15) is 0 Å². The third kappa shape index (κ3) is 2.98. The fourth-order valence-electron chi connectivity index (χ4n) is 2.19. The molecule has 1 saturated heterocycles. The Morgan fingerprint density at radius 1 is 1.44 bits per heavy atom. The molecule has 0 aromatic heterocycles. The van der Waals surface area contributed by atoms with E-state index in [-0.39, 0.29) is 0 Å². The largest absolute Gasteiger partial charge is 0.381 e. The number of likely N-dealkylation sites (tertiary alicyclic amines) is 1. The predicted molar refractivity (Wildman–Crippen MR) is 72.9 cm³/mol. The standard InChI is InChI=1S/C13H19BrN2/c1-10(2)16-7-6-13(9-16)15-12-5-3-4-11(14)8-12/h3-5,8,10,13,15H,6-7,9H2,1-2H3. The Labute approximate surface area is 106 Å². The molecule has 16 heavy (non-hydrogen) atoms. The van der Waals surface area contributed by atoms with Crippen LogP contribution >= 0.6 is 15.9 Å². The molecule has 1 N–H and O–H groups in total. The molecule has 0 radical (unpaired) electrons. The molecule has 3 heteroatoms. The number of nitrogens with one attached hydrogen (secondary N) is 1. The summed E-state index contributed by atoms with van der Waals surface area (Å²) in [6, 6.07) is 9.65. The van der Waals surface area contributed by atoms with E-state index in [1.165, 1.54) is 18.7 Å². The van der Waals surface area contributed by atoms with Crippen molar-refractivity contribution >= 4 is 21.6 Å². The molecule has 88 valence electrons. The molecule has 1 aromatic rings. The summed E-state index contributed by atoms with van der Waals surface area (Å²) in [6.07, 6.45) is 1.24. The Morgan fingerprint density at radius 2 is 2.25 bits per heavy atom. The average molecular weight is 283 g/mol. The van der Waals surface area contributed by atoms with Crippen LogP contribution in [0, 0.1) is 0 Å². The minimum absolute atomic E-state index is 0.594. The van der Waals surface area contributed by atoms with E-state index in [0.717, 1.165) is 11.0 Å². The van der Waals surface area contributed by atoms with Gasteiger partial charge < -0.3 is 5.32 Å². The first kappa shape index (κ1) is 11.9. The van der Waals surface area contributed by atoms with Crippen LogP contribution in [0.4, 0.5) is 5.69 Å². The Kier molecular flexibility index (Phi) is 3.87. The highest BCUT2D eigenvalue weighted by Crippen LogP contribution is 2.20. The molecule has 0 aliphatic carbocycles. The predicted octanol–water partition coefficient (Wildman–Crippen LogP) is 3.34. The molecule has 1 unspecified atom stereocenters. The van der Waals surface area contributed by atoms with Gasteiger partial charge in [-0.05, 0) is 38.5 Å². The second-order valence-corrected chi connectivity index (χ2v) is 5.64. The van der Waals surface area contributed by atoms with E-state index < -0.39 is 0 Å². The number of hydrogen-bond acceptors (Lipinski definition) is 2. The molecule has 1 aliphatic heterocycles. The number of hydrogen-bond donors (Lipinski definition) is 1. The highest BCUT2D eigenvalue weighted by Gasteiger charge is 2.23. The molecule has 1 heterocycles. The van der Waals surface area contributed by atoms with Gasteiger partial charge in [0.05, 0.1) is 0 Å². The molecule has 0 spiro atoms. The van der Waals surface area contributed by atoms with Crippen molar-refractivity contribution in [3.05, 3.63) is 28.7 Å². The van der Waals surface area contributed by atoms with E-state index in [2.05, 4.69) is 64.3 Å². The summed E-state index contributed by atoms with van der Waals surface area (Å²) in [6.45, 7) is 6.90. The van der Waals surface area contributed by atoms with Gasteiger partial charge in [0.2, 0.25) is 0 Å². The third-order valence-corrected chi connectivity index (χ3v) is 3.64. The molecule has 1 fully saturated rings. The van der Waals surface area contributed by atoms with Crippen LogP contribution in [0.3, 0.4) is 0 Å².